The van der Waals surface area contributed by atoms with Crippen LogP contribution in [0.2, 0.25) is 0 Å². The molecule has 0 spiro atoms. The van der Waals surface area contributed by atoms with E-state index in [0.29, 0.717) is 13.2 Å². The Hall–Kier alpha value is -5.93. The summed E-state index contributed by atoms with van der Waals surface area (Å²) in [7, 11) is 4.00. The van der Waals surface area contributed by atoms with Crippen molar-refractivity contribution in [2.75, 3.05) is 34.5 Å². The van der Waals surface area contributed by atoms with E-state index < -0.39 is 50.7 Å². The molecule has 0 saturated heterocycles. The highest BCUT2D eigenvalue weighted by Crippen LogP contribution is 2.37. The van der Waals surface area contributed by atoms with Crippen molar-refractivity contribution in [2.24, 2.45) is 0 Å². The molecule has 0 bridgehead atoms. The number of carboxylic acids is 1. The highest BCUT2D eigenvalue weighted by atomic mass is 16.6. The van der Waals surface area contributed by atoms with Gasteiger partial charge in [0.15, 0.2) is 23.0 Å². The van der Waals surface area contributed by atoms with Gasteiger partial charge in [0.1, 0.15) is 17.2 Å². The predicted octanol–water partition coefficient (Wildman–Crippen LogP) is 6.00. The van der Waals surface area contributed by atoms with E-state index in [4.69, 9.17) is 28.8 Å². The number of esters is 1. The van der Waals surface area contributed by atoms with Crippen LogP contribution in [0.25, 0.3) is 0 Å². The lowest BCUT2D eigenvalue weighted by atomic mass is 9.93. The van der Waals surface area contributed by atoms with Gasteiger partial charge in [-0.05, 0) is 24.0 Å². The van der Waals surface area contributed by atoms with E-state index >= 15 is 0 Å². The Morgan fingerprint density at radius 3 is 1.73 bits per heavy atom. The standard InChI is InChI=1S/C23H26N2O7.C12H15NO6/c1-4-5-10-32-21-13-18(25(28)29)17(12-20(21)30-2)22(26)24-14-16-9-7-6-8-15(16)11-19(24)23(27)31-3;1-3-4-5-19-11-7-9(13(16)17)8(12(14)15)6-10(11)18-2/h6-9,12-13,19H,4-5,10-11,14H2,1-3H3;6-7H,3-5H2,1-2H3,(H,14,15)/t19-;/m0./s1. The maximum Gasteiger partial charge on any atom is 0.342 e. The summed E-state index contributed by atoms with van der Waals surface area (Å²) in [5.41, 5.74) is 0.270. The molecule has 1 aliphatic heterocycles. The number of nitro groups is 2. The van der Waals surface area contributed by atoms with Gasteiger partial charge >= 0.3 is 11.9 Å². The third-order valence-electron chi connectivity index (χ3n) is 7.91. The Morgan fingerprint density at radius 2 is 1.27 bits per heavy atom. The lowest BCUT2D eigenvalue weighted by Crippen LogP contribution is -2.49. The maximum absolute atomic E-state index is 13.5. The van der Waals surface area contributed by atoms with Crippen LogP contribution >= 0.6 is 0 Å². The fraction of sp³-hybridized carbons (Fsp3) is 0.400. The molecule has 0 saturated carbocycles. The summed E-state index contributed by atoms with van der Waals surface area (Å²) in [6, 6.07) is 11.2. The number of rotatable bonds is 15. The minimum Gasteiger partial charge on any atom is -0.493 e. The number of methoxy groups -OCH3 is 3. The van der Waals surface area contributed by atoms with Gasteiger partial charge in [0.05, 0.1) is 56.5 Å². The Kier molecular flexibility index (Phi) is 14.5. The predicted molar refractivity (Wildman–Crippen MR) is 183 cm³/mol. The van der Waals surface area contributed by atoms with E-state index in [1.807, 2.05) is 38.1 Å². The van der Waals surface area contributed by atoms with Crippen LogP contribution in [0.15, 0.2) is 48.5 Å². The number of ether oxygens (including phenoxy) is 5. The van der Waals surface area contributed by atoms with Gasteiger partial charge in [0, 0.05) is 25.1 Å². The Morgan fingerprint density at radius 1 is 0.784 bits per heavy atom. The van der Waals surface area contributed by atoms with Crippen LogP contribution in [0.4, 0.5) is 11.4 Å². The number of aromatic carboxylic acids is 1. The van der Waals surface area contributed by atoms with E-state index in [9.17, 15) is 34.6 Å². The van der Waals surface area contributed by atoms with Gasteiger partial charge < -0.3 is 33.7 Å². The molecule has 1 heterocycles. The van der Waals surface area contributed by atoms with Crippen molar-refractivity contribution in [3.8, 4) is 23.0 Å². The second kappa shape index (κ2) is 18.7. The van der Waals surface area contributed by atoms with E-state index in [1.54, 1.807) is 0 Å². The second-order valence-corrected chi connectivity index (χ2v) is 11.2. The van der Waals surface area contributed by atoms with Crippen molar-refractivity contribution in [3.05, 3.63) is 91.0 Å². The molecule has 16 heteroatoms. The molecule has 3 aromatic carbocycles. The summed E-state index contributed by atoms with van der Waals surface area (Å²) < 4.78 is 26.2. The summed E-state index contributed by atoms with van der Waals surface area (Å²) >= 11 is 0. The van der Waals surface area contributed by atoms with Gasteiger partial charge in [0.25, 0.3) is 17.3 Å². The number of benzene rings is 3. The summed E-state index contributed by atoms with van der Waals surface area (Å²) in [5, 5.41) is 31.6. The lowest BCUT2D eigenvalue weighted by Gasteiger charge is -2.35. The first-order valence-electron chi connectivity index (χ1n) is 16.1. The Labute approximate surface area is 294 Å². The van der Waals surface area contributed by atoms with E-state index in [2.05, 4.69) is 0 Å². The van der Waals surface area contributed by atoms with Crippen LogP contribution in [0.5, 0.6) is 23.0 Å². The zero-order chi connectivity index (χ0) is 37.7. The third kappa shape index (κ3) is 9.83. The first-order chi connectivity index (χ1) is 24.4. The number of nitro benzene ring substituents is 2. The van der Waals surface area contributed by atoms with Crippen molar-refractivity contribution in [2.45, 2.75) is 58.5 Å². The molecule has 3 aromatic rings. The van der Waals surface area contributed by atoms with Crippen molar-refractivity contribution >= 4 is 29.2 Å². The van der Waals surface area contributed by atoms with E-state index in [1.165, 1.54) is 38.4 Å². The molecule has 16 nitrogen and oxygen atoms in total. The number of fused-ring (bicyclic) bond motifs is 1. The molecular weight excluding hydrogens is 670 g/mol. The van der Waals surface area contributed by atoms with Crippen molar-refractivity contribution in [1.29, 1.82) is 0 Å². The number of unbranched alkanes of at least 4 members (excludes halogenated alkanes) is 2. The second-order valence-electron chi connectivity index (χ2n) is 11.2. The molecule has 1 N–H and O–H groups in total. The van der Waals surface area contributed by atoms with Gasteiger partial charge in [-0.15, -0.1) is 0 Å². The molecule has 274 valence electrons. The van der Waals surface area contributed by atoms with Gasteiger partial charge in [0.2, 0.25) is 0 Å². The average molecular weight is 712 g/mol. The molecule has 1 amide bonds. The maximum atomic E-state index is 13.5. The third-order valence-corrected chi connectivity index (χ3v) is 7.91. The van der Waals surface area contributed by atoms with Gasteiger partial charge in [-0.3, -0.25) is 25.0 Å². The number of hydrogen-bond donors (Lipinski definition) is 1. The summed E-state index contributed by atoms with van der Waals surface area (Å²) in [6.07, 6.45) is 3.63. The molecule has 4 rings (SSSR count). The lowest BCUT2D eigenvalue weighted by molar-refractivity contribution is -0.385. The van der Waals surface area contributed by atoms with Crippen molar-refractivity contribution < 1.29 is 53.0 Å². The number of hydrogen-bond acceptors (Lipinski definition) is 12. The molecule has 1 atom stereocenters. The monoisotopic (exact) mass is 711 g/mol. The average Bonchev–Trinajstić information content (AvgIpc) is 3.13. The van der Waals surface area contributed by atoms with Crippen molar-refractivity contribution in [1.82, 2.24) is 4.90 Å². The number of carboxylic acid groups (broad SMARTS) is 1. The Balaban J connectivity index is 0.000000316. The highest BCUT2D eigenvalue weighted by molar-refractivity contribution is 6.01. The summed E-state index contributed by atoms with van der Waals surface area (Å²) in [6.45, 7) is 4.86. The molecular formula is C35H41N3O13. The zero-order valence-electron chi connectivity index (χ0n) is 29.0. The first kappa shape index (κ1) is 39.5. The number of nitrogens with zero attached hydrogens (tertiary/aromatic N) is 3. The fourth-order valence-corrected chi connectivity index (χ4v) is 5.18. The minimum absolute atomic E-state index is 0.128. The van der Waals surface area contributed by atoms with Gasteiger partial charge in [-0.25, -0.2) is 9.59 Å². The number of carbonyl (C=O) groups excluding carboxylic acids is 2. The molecule has 51 heavy (non-hydrogen) atoms. The van der Waals surface area contributed by atoms with Crippen LogP contribution in [0.1, 0.15) is 71.4 Å². The van der Waals surface area contributed by atoms with E-state index in [0.717, 1.165) is 48.9 Å². The quantitative estimate of drug-likeness (QED) is 0.0831. The summed E-state index contributed by atoms with van der Waals surface area (Å²) in [4.78, 5) is 59.5. The van der Waals surface area contributed by atoms with E-state index in [-0.39, 0.29) is 41.5 Å². The van der Waals surface area contributed by atoms with Crippen LogP contribution in [-0.4, -0.2) is 78.3 Å². The van der Waals surface area contributed by atoms with Crippen LogP contribution in [-0.2, 0) is 22.5 Å². The van der Waals surface area contributed by atoms with Gasteiger partial charge in [-0.1, -0.05) is 51.0 Å². The summed E-state index contributed by atoms with van der Waals surface area (Å²) in [5.74, 6) is -1.88. The van der Waals surface area contributed by atoms with Crippen LogP contribution < -0.4 is 18.9 Å². The minimum atomic E-state index is -1.38. The number of carbonyl (C=O) groups is 3. The molecule has 0 radical (unpaired) electrons. The smallest absolute Gasteiger partial charge is 0.342 e. The molecule has 0 aromatic heterocycles. The number of amides is 1. The normalized spacial score (nSPS) is 13.1. The SMILES string of the molecule is CCCCOc1cc([N+](=O)[O-])c(C(=O)N2Cc3ccccc3C[C@H]2C(=O)OC)cc1OC.CCCCOc1cc([N+](=O)[O-])c(C(=O)O)cc1OC. The van der Waals surface area contributed by atoms with Gasteiger partial charge in [-0.2, -0.15) is 0 Å². The van der Waals surface area contributed by atoms with Crippen LogP contribution in [0, 0.1) is 20.2 Å². The van der Waals surface area contributed by atoms with Crippen LogP contribution in [0.3, 0.4) is 0 Å². The molecule has 1 aliphatic rings. The topological polar surface area (TPSA) is 207 Å². The molecule has 0 unspecified atom stereocenters. The first-order valence-corrected chi connectivity index (χ1v) is 16.1. The van der Waals surface area contributed by atoms with Crippen molar-refractivity contribution in [3.63, 3.8) is 0 Å². The molecule has 0 fully saturated rings. The fourth-order valence-electron chi connectivity index (χ4n) is 5.18. The Bertz CT molecular complexity index is 1740. The highest BCUT2D eigenvalue weighted by Gasteiger charge is 2.38. The largest absolute Gasteiger partial charge is 0.493 e. The zero-order valence-corrected chi connectivity index (χ0v) is 29.0. The molecule has 0 aliphatic carbocycles.